The average molecular weight is 525 g/mol. The van der Waals surface area contributed by atoms with Crippen molar-refractivity contribution in [3.8, 4) is 17.9 Å². The molecule has 0 spiro atoms. The predicted molar refractivity (Wildman–Crippen MR) is 145 cm³/mol. The Hall–Kier alpha value is -5.06. The Morgan fingerprint density at radius 1 is 1.18 bits per heavy atom. The summed E-state index contributed by atoms with van der Waals surface area (Å²) in [5.41, 5.74) is 1.77. The third kappa shape index (κ3) is 6.27. The van der Waals surface area contributed by atoms with Crippen molar-refractivity contribution in [2.24, 2.45) is 0 Å². The maximum absolute atomic E-state index is 13.5. The van der Waals surface area contributed by atoms with Crippen LogP contribution in [0.3, 0.4) is 0 Å². The number of nitrogens with one attached hydrogen (secondary N) is 2. The molecule has 196 valence electrons. The fourth-order valence-corrected chi connectivity index (χ4v) is 4.10. The number of carboxylic acid groups (broad SMARTS) is 1. The molecule has 3 heterocycles. The monoisotopic (exact) mass is 524 g/mol. The third-order valence-corrected chi connectivity index (χ3v) is 6.26. The van der Waals surface area contributed by atoms with Crippen molar-refractivity contribution < 1.29 is 14.3 Å². The van der Waals surface area contributed by atoms with Gasteiger partial charge >= 0.3 is 5.97 Å². The van der Waals surface area contributed by atoms with Crippen LogP contribution >= 0.6 is 0 Å². The molecule has 0 atom stereocenters. The lowest BCUT2D eigenvalue weighted by molar-refractivity contribution is 0.0691. The van der Waals surface area contributed by atoms with Crippen molar-refractivity contribution >= 4 is 22.6 Å². The number of fused-ring (bicyclic) bond motifs is 1. The highest BCUT2D eigenvalue weighted by atomic mass is 19.1. The Morgan fingerprint density at radius 3 is 2.59 bits per heavy atom. The zero-order valence-corrected chi connectivity index (χ0v) is 21.3. The Morgan fingerprint density at radius 2 is 1.95 bits per heavy atom. The van der Waals surface area contributed by atoms with E-state index in [2.05, 4.69) is 43.3 Å². The van der Waals surface area contributed by atoms with E-state index in [1.807, 2.05) is 13.1 Å². The van der Waals surface area contributed by atoms with Gasteiger partial charge in [0.25, 0.3) is 5.56 Å². The van der Waals surface area contributed by atoms with Crippen LogP contribution in [0, 0.1) is 29.0 Å². The number of rotatable bonds is 5. The van der Waals surface area contributed by atoms with E-state index < -0.39 is 17.3 Å². The normalized spacial score (nSPS) is 12.4. The largest absolute Gasteiger partial charge is 0.478 e. The van der Waals surface area contributed by atoms with E-state index in [9.17, 15) is 14.0 Å². The van der Waals surface area contributed by atoms with Gasteiger partial charge in [0.1, 0.15) is 17.7 Å². The number of H-pyrrole nitrogens is 1. The summed E-state index contributed by atoms with van der Waals surface area (Å²) in [4.78, 5) is 29.4. The number of nitriles is 1. The van der Waals surface area contributed by atoms with Crippen LogP contribution in [0.2, 0.25) is 0 Å². The van der Waals surface area contributed by atoms with E-state index >= 15 is 0 Å². The van der Waals surface area contributed by atoms with E-state index in [4.69, 9.17) is 10.4 Å². The van der Waals surface area contributed by atoms with Crippen LogP contribution in [-0.4, -0.2) is 52.4 Å². The molecule has 0 bridgehead atoms. The molecule has 5 rings (SSSR count). The Kier molecular flexibility index (Phi) is 8.30. The molecule has 1 aliphatic rings. The van der Waals surface area contributed by atoms with Crippen LogP contribution < -0.4 is 15.8 Å². The van der Waals surface area contributed by atoms with E-state index in [1.54, 1.807) is 37.4 Å². The molecule has 0 amide bonds. The summed E-state index contributed by atoms with van der Waals surface area (Å²) in [5.74, 6) is 4.54. The zero-order chi connectivity index (χ0) is 27.9. The number of carboxylic acids is 1. The first-order valence-corrected chi connectivity index (χ1v) is 12.1. The summed E-state index contributed by atoms with van der Waals surface area (Å²) in [5, 5.41) is 28.4. The van der Waals surface area contributed by atoms with E-state index in [-0.39, 0.29) is 12.0 Å². The number of carbonyl (C=O) groups is 1. The van der Waals surface area contributed by atoms with Gasteiger partial charge in [-0.1, -0.05) is 12.0 Å². The fourth-order valence-electron chi connectivity index (χ4n) is 4.10. The Labute approximate surface area is 223 Å². The van der Waals surface area contributed by atoms with Gasteiger partial charge < -0.3 is 15.3 Å². The second-order valence-corrected chi connectivity index (χ2v) is 8.84. The molecule has 39 heavy (non-hydrogen) atoms. The van der Waals surface area contributed by atoms with Gasteiger partial charge in [0, 0.05) is 42.7 Å². The molecule has 10 heteroatoms. The number of halogens is 1. The summed E-state index contributed by atoms with van der Waals surface area (Å²) < 4.78 is 13.5. The highest BCUT2D eigenvalue weighted by molar-refractivity contribution is 5.88. The lowest BCUT2D eigenvalue weighted by atomic mass is 10.0. The third-order valence-electron chi connectivity index (χ3n) is 6.26. The lowest BCUT2D eigenvalue weighted by Gasteiger charge is -2.39. The van der Waals surface area contributed by atoms with Gasteiger partial charge in [-0.25, -0.2) is 19.3 Å². The maximum atomic E-state index is 13.5. The van der Waals surface area contributed by atoms with Crippen molar-refractivity contribution in [2.75, 3.05) is 25.0 Å². The van der Waals surface area contributed by atoms with Gasteiger partial charge in [-0.2, -0.15) is 10.4 Å². The number of likely N-dealkylation sites (N-methyl/N-ethyl adjacent to an activating group) is 1. The summed E-state index contributed by atoms with van der Waals surface area (Å²) in [6.45, 7) is 3.71. The number of anilines is 1. The average Bonchev–Trinajstić information content (AvgIpc) is 2.91. The van der Waals surface area contributed by atoms with Gasteiger partial charge in [-0.3, -0.25) is 4.79 Å². The second-order valence-electron chi connectivity index (χ2n) is 8.84. The van der Waals surface area contributed by atoms with Crippen molar-refractivity contribution in [3.05, 3.63) is 98.8 Å². The quantitative estimate of drug-likeness (QED) is 0.339. The van der Waals surface area contributed by atoms with Gasteiger partial charge in [0.15, 0.2) is 0 Å². The topological polar surface area (TPSA) is 135 Å². The van der Waals surface area contributed by atoms with Crippen LogP contribution in [0.15, 0.2) is 59.5 Å². The van der Waals surface area contributed by atoms with E-state index in [1.165, 1.54) is 12.1 Å². The molecule has 1 saturated heterocycles. The van der Waals surface area contributed by atoms with Crippen LogP contribution in [-0.2, 0) is 6.42 Å². The molecule has 2 aromatic carbocycles. The Bertz CT molecular complexity index is 1680. The number of benzene rings is 2. The molecule has 3 N–H and O–H groups in total. The molecule has 1 aliphatic heterocycles. The van der Waals surface area contributed by atoms with Crippen LogP contribution in [0.4, 0.5) is 10.2 Å². The lowest BCUT2D eigenvalue weighted by Crippen LogP contribution is -2.57. The molecular weight excluding hydrogens is 499 g/mol. The highest BCUT2D eigenvalue weighted by Crippen LogP contribution is 2.20. The number of aromatic carboxylic acids is 1. The van der Waals surface area contributed by atoms with Crippen molar-refractivity contribution in [1.82, 2.24) is 20.5 Å². The zero-order valence-electron chi connectivity index (χ0n) is 21.3. The summed E-state index contributed by atoms with van der Waals surface area (Å²) in [7, 11) is 1.97. The van der Waals surface area contributed by atoms with Gasteiger partial charge in [-0.05, 0) is 62.0 Å². The summed E-state index contributed by atoms with van der Waals surface area (Å²) in [6, 6.07) is 15.4. The number of hydrogen-bond donors (Lipinski definition) is 3. The summed E-state index contributed by atoms with van der Waals surface area (Å²) in [6.07, 6.45) is 1.86. The van der Waals surface area contributed by atoms with Gasteiger partial charge in [0.05, 0.1) is 22.2 Å². The number of pyridine rings is 1. The molecule has 2 aromatic heterocycles. The fraction of sp³-hybridized carbons (Fsp3) is 0.207. The molecule has 9 nitrogen and oxygen atoms in total. The number of nitrogens with zero attached hydrogens (tertiary/aromatic N) is 4. The van der Waals surface area contributed by atoms with Crippen molar-refractivity contribution in [2.45, 2.75) is 19.4 Å². The van der Waals surface area contributed by atoms with Gasteiger partial charge in [0.2, 0.25) is 0 Å². The molecular formula is C29H25FN6O3. The minimum absolute atomic E-state index is 0.247. The number of aromatic amines is 1. The highest BCUT2D eigenvalue weighted by Gasteiger charge is 2.25. The van der Waals surface area contributed by atoms with Crippen LogP contribution in [0.25, 0.3) is 10.8 Å². The van der Waals surface area contributed by atoms with Gasteiger partial charge in [-0.15, -0.1) is 5.92 Å². The summed E-state index contributed by atoms with van der Waals surface area (Å²) >= 11 is 0. The smallest absolute Gasteiger partial charge is 0.338 e. The number of hydrogen-bond acceptors (Lipinski definition) is 7. The van der Waals surface area contributed by atoms with E-state index in [0.29, 0.717) is 33.6 Å². The first-order valence-electron chi connectivity index (χ1n) is 12.1. The first-order chi connectivity index (χ1) is 18.8. The maximum Gasteiger partial charge on any atom is 0.338 e. The van der Waals surface area contributed by atoms with Crippen molar-refractivity contribution in [3.63, 3.8) is 0 Å². The molecule has 1 fully saturated rings. The minimum Gasteiger partial charge on any atom is -0.478 e. The van der Waals surface area contributed by atoms with Crippen LogP contribution in [0.5, 0.6) is 0 Å². The molecule has 0 radical (unpaired) electrons. The SMILES string of the molecule is CC#Cc1ccc2c(=O)[nH]nc(Cc3ccc(F)c(C(=O)O)c3)c2c1.CNC1CN(c2ccc(C#N)cn2)C1. The number of aromatic nitrogens is 3. The molecule has 0 aliphatic carbocycles. The van der Waals surface area contributed by atoms with Crippen LogP contribution in [0.1, 0.15) is 39.7 Å². The molecule has 0 saturated carbocycles. The minimum atomic E-state index is -1.33. The molecule has 4 aromatic rings. The standard InChI is InChI=1S/C19H13FN2O3.C10H12N4/c1-2-3-11-4-6-13-14(8-11)17(21-22-18(13)23)10-12-5-7-16(20)15(9-12)19(24)25;1-12-9-6-14(7-9)10-3-2-8(4-11)5-13-10/h4-9H,10H2,1H3,(H,22,23)(H,24,25);2-3,5,9,12H,6-7H2,1H3. The van der Waals surface area contributed by atoms with E-state index in [0.717, 1.165) is 30.5 Å². The second kappa shape index (κ2) is 12.0. The first kappa shape index (κ1) is 27.0. The predicted octanol–water partition coefficient (Wildman–Crippen LogP) is 3.08. The van der Waals surface area contributed by atoms with Crippen molar-refractivity contribution in [1.29, 1.82) is 5.26 Å². The molecule has 0 unspecified atom stereocenters. The Balaban J connectivity index is 0.000000212.